The average Bonchev–Trinajstić information content (AvgIpc) is 2.73. The lowest BCUT2D eigenvalue weighted by Gasteiger charge is -2.16. The Morgan fingerprint density at radius 1 is 0.968 bits per heavy atom. The maximum atomic E-state index is 12.6. The van der Waals surface area contributed by atoms with E-state index in [9.17, 15) is 21.6 Å². The number of rotatable bonds is 8. The first-order chi connectivity index (χ1) is 14.7. The SMILES string of the molecule is CCS(=O)(=O)c1ccc(OCC(F)(F)F)c(Nc2cc(Nc3ccncn3)ncn2)c1. The van der Waals surface area contributed by atoms with E-state index in [1.807, 2.05) is 0 Å². The summed E-state index contributed by atoms with van der Waals surface area (Å²) in [5.74, 6) is 0.636. The zero-order chi connectivity index (χ0) is 22.5. The van der Waals surface area contributed by atoms with Gasteiger partial charge in [-0.2, -0.15) is 13.2 Å². The fraction of sp³-hybridized carbons (Fsp3) is 0.222. The Bertz CT molecular complexity index is 1140. The minimum absolute atomic E-state index is 0.00506. The monoisotopic (exact) mass is 454 g/mol. The Morgan fingerprint density at radius 2 is 1.68 bits per heavy atom. The summed E-state index contributed by atoms with van der Waals surface area (Å²) >= 11 is 0. The van der Waals surface area contributed by atoms with Crippen LogP contribution in [0.4, 0.5) is 36.3 Å². The molecule has 31 heavy (non-hydrogen) atoms. The van der Waals surface area contributed by atoms with Crippen LogP contribution in [0.15, 0.2) is 54.1 Å². The van der Waals surface area contributed by atoms with Crippen molar-refractivity contribution in [3.8, 4) is 5.75 Å². The highest BCUT2D eigenvalue weighted by atomic mass is 32.2. The summed E-state index contributed by atoms with van der Waals surface area (Å²) in [4.78, 5) is 15.8. The number of benzene rings is 1. The molecular weight excluding hydrogens is 437 g/mol. The standard InChI is InChI=1S/C18H17F3N6O3S/c1-2-31(28,29)12-3-4-14(30-9-18(19,20)21)13(7-12)26-16-8-17(25-11-24-16)27-15-5-6-22-10-23-15/h3-8,10-11H,2,9H2,1H3,(H2,22,23,24,25,26,27). The van der Waals surface area contributed by atoms with Crippen LogP contribution in [0.2, 0.25) is 0 Å². The molecule has 0 amide bonds. The molecule has 0 bridgehead atoms. The van der Waals surface area contributed by atoms with Gasteiger partial charge >= 0.3 is 6.18 Å². The molecule has 0 saturated heterocycles. The topological polar surface area (TPSA) is 119 Å². The number of alkyl halides is 3. The molecule has 3 rings (SSSR count). The molecule has 0 fully saturated rings. The molecule has 3 aromatic rings. The molecular formula is C18H17F3N6O3S. The molecule has 0 aliphatic rings. The van der Waals surface area contributed by atoms with Gasteiger partial charge in [-0.1, -0.05) is 6.92 Å². The van der Waals surface area contributed by atoms with Gasteiger partial charge in [0.25, 0.3) is 0 Å². The van der Waals surface area contributed by atoms with Gasteiger partial charge in [-0.25, -0.2) is 28.4 Å². The van der Waals surface area contributed by atoms with Crippen LogP contribution >= 0.6 is 0 Å². The van der Waals surface area contributed by atoms with Gasteiger partial charge in [-0.05, 0) is 24.3 Å². The maximum absolute atomic E-state index is 12.6. The molecule has 2 N–H and O–H groups in total. The van der Waals surface area contributed by atoms with E-state index in [1.54, 1.807) is 6.07 Å². The van der Waals surface area contributed by atoms with Crippen LogP contribution in [0, 0.1) is 0 Å². The number of halogens is 3. The van der Waals surface area contributed by atoms with Crippen LogP contribution in [-0.2, 0) is 9.84 Å². The predicted octanol–water partition coefficient (Wildman–Crippen LogP) is 3.49. The summed E-state index contributed by atoms with van der Waals surface area (Å²) in [6.45, 7) is -0.0716. The minimum atomic E-state index is -4.56. The van der Waals surface area contributed by atoms with E-state index >= 15 is 0 Å². The number of sulfone groups is 1. The third kappa shape index (κ3) is 6.25. The summed E-state index contributed by atoms with van der Waals surface area (Å²) in [5, 5.41) is 5.71. The van der Waals surface area contributed by atoms with Gasteiger partial charge in [0.1, 0.15) is 35.9 Å². The summed E-state index contributed by atoms with van der Waals surface area (Å²) in [5.41, 5.74) is 0.00506. The molecule has 0 saturated carbocycles. The fourth-order valence-corrected chi connectivity index (χ4v) is 3.29. The molecule has 2 heterocycles. The molecule has 1 aromatic carbocycles. The van der Waals surface area contributed by atoms with Gasteiger partial charge in [0.2, 0.25) is 0 Å². The van der Waals surface area contributed by atoms with Gasteiger partial charge in [-0.15, -0.1) is 0 Å². The van der Waals surface area contributed by atoms with E-state index in [2.05, 4.69) is 30.6 Å². The Hall–Kier alpha value is -3.48. The molecule has 0 aliphatic heterocycles. The minimum Gasteiger partial charge on any atom is -0.482 e. The summed E-state index contributed by atoms with van der Waals surface area (Å²) in [7, 11) is -3.60. The first kappa shape index (κ1) is 22.2. The van der Waals surface area contributed by atoms with E-state index in [-0.39, 0.29) is 27.9 Å². The van der Waals surface area contributed by atoms with Crippen molar-refractivity contribution in [2.45, 2.75) is 18.0 Å². The van der Waals surface area contributed by atoms with Crippen LogP contribution in [0.3, 0.4) is 0 Å². The average molecular weight is 454 g/mol. The first-order valence-corrected chi connectivity index (χ1v) is 10.5. The number of nitrogens with one attached hydrogen (secondary N) is 2. The van der Waals surface area contributed by atoms with E-state index < -0.39 is 22.6 Å². The molecule has 13 heteroatoms. The predicted molar refractivity (Wildman–Crippen MR) is 106 cm³/mol. The van der Waals surface area contributed by atoms with Crippen LogP contribution in [0.5, 0.6) is 5.75 Å². The lowest BCUT2D eigenvalue weighted by molar-refractivity contribution is -0.153. The second-order valence-electron chi connectivity index (χ2n) is 6.10. The normalized spacial score (nSPS) is 11.7. The highest BCUT2D eigenvalue weighted by Gasteiger charge is 2.29. The zero-order valence-corrected chi connectivity index (χ0v) is 16.9. The Morgan fingerprint density at radius 3 is 2.32 bits per heavy atom. The van der Waals surface area contributed by atoms with E-state index in [0.717, 1.165) is 6.07 Å². The molecule has 0 atom stereocenters. The van der Waals surface area contributed by atoms with E-state index in [1.165, 1.54) is 44.0 Å². The molecule has 0 radical (unpaired) electrons. The molecule has 0 unspecified atom stereocenters. The second kappa shape index (κ2) is 9.12. The number of hydrogen-bond donors (Lipinski definition) is 2. The Kier molecular flexibility index (Phi) is 6.53. The number of ether oxygens (including phenoxy) is 1. The molecule has 164 valence electrons. The summed E-state index contributed by atoms with van der Waals surface area (Å²) < 4.78 is 67.0. The fourth-order valence-electron chi connectivity index (χ4n) is 2.38. The summed E-state index contributed by atoms with van der Waals surface area (Å²) in [6.07, 6.45) is -0.476. The van der Waals surface area contributed by atoms with Crippen LogP contribution in [-0.4, -0.2) is 46.9 Å². The van der Waals surface area contributed by atoms with Crippen molar-refractivity contribution in [1.29, 1.82) is 0 Å². The van der Waals surface area contributed by atoms with Gasteiger partial charge in [0.05, 0.1) is 16.3 Å². The van der Waals surface area contributed by atoms with Crippen molar-refractivity contribution in [3.05, 3.63) is 49.2 Å². The van der Waals surface area contributed by atoms with Gasteiger partial charge in [-0.3, -0.25) is 0 Å². The Balaban J connectivity index is 1.90. The maximum Gasteiger partial charge on any atom is 0.422 e. The Labute approximate surface area is 175 Å². The van der Waals surface area contributed by atoms with E-state index in [4.69, 9.17) is 4.74 Å². The number of nitrogens with zero attached hydrogens (tertiary/aromatic N) is 4. The van der Waals surface area contributed by atoms with Crippen LogP contribution in [0.1, 0.15) is 6.92 Å². The van der Waals surface area contributed by atoms with Crippen molar-refractivity contribution in [3.63, 3.8) is 0 Å². The van der Waals surface area contributed by atoms with Crippen molar-refractivity contribution in [2.75, 3.05) is 23.0 Å². The molecule has 2 aromatic heterocycles. The third-order valence-corrected chi connectivity index (χ3v) is 5.58. The smallest absolute Gasteiger partial charge is 0.422 e. The van der Waals surface area contributed by atoms with Crippen molar-refractivity contribution in [2.24, 2.45) is 0 Å². The zero-order valence-electron chi connectivity index (χ0n) is 16.1. The van der Waals surface area contributed by atoms with Gasteiger partial charge in [0, 0.05) is 12.3 Å². The third-order valence-electron chi connectivity index (χ3n) is 3.85. The largest absolute Gasteiger partial charge is 0.482 e. The number of anilines is 4. The molecule has 0 spiro atoms. The van der Waals surface area contributed by atoms with Crippen molar-refractivity contribution >= 4 is 33.0 Å². The van der Waals surface area contributed by atoms with Crippen molar-refractivity contribution in [1.82, 2.24) is 19.9 Å². The molecule has 9 nitrogen and oxygen atoms in total. The van der Waals surface area contributed by atoms with Crippen LogP contribution in [0.25, 0.3) is 0 Å². The van der Waals surface area contributed by atoms with E-state index in [0.29, 0.717) is 11.6 Å². The highest BCUT2D eigenvalue weighted by Crippen LogP contribution is 2.32. The lowest BCUT2D eigenvalue weighted by Crippen LogP contribution is -2.19. The number of aromatic nitrogens is 4. The summed E-state index contributed by atoms with van der Waals surface area (Å²) in [6, 6.07) is 6.63. The van der Waals surface area contributed by atoms with Crippen LogP contribution < -0.4 is 15.4 Å². The van der Waals surface area contributed by atoms with Gasteiger partial charge in [0.15, 0.2) is 16.4 Å². The van der Waals surface area contributed by atoms with Crippen molar-refractivity contribution < 1.29 is 26.3 Å². The second-order valence-corrected chi connectivity index (χ2v) is 8.38. The quantitative estimate of drug-likeness (QED) is 0.527. The molecule has 0 aliphatic carbocycles. The number of hydrogen-bond acceptors (Lipinski definition) is 9. The van der Waals surface area contributed by atoms with Gasteiger partial charge < -0.3 is 15.4 Å². The lowest BCUT2D eigenvalue weighted by atomic mass is 10.3. The highest BCUT2D eigenvalue weighted by molar-refractivity contribution is 7.91. The first-order valence-electron chi connectivity index (χ1n) is 8.85.